The largest absolute Gasteiger partial charge is 0.300 e. The lowest BCUT2D eigenvalue weighted by Gasteiger charge is -2.55. The Labute approximate surface area is 99.3 Å². The smallest absolute Gasteiger partial charge is 0.133 e. The standard InChI is InChI=1S/C15H24O/c1-11-5-7-15(8-6-11)12(2)9-13(16)10-14(15,3)4/h5,12H,6-10H2,1-4H3. The molecule has 2 aliphatic carbocycles. The van der Waals surface area contributed by atoms with Crippen molar-refractivity contribution in [2.24, 2.45) is 16.7 Å². The molecule has 2 aliphatic rings. The number of rotatable bonds is 0. The summed E-state index contributed by atoms with van der Waals surface area (Å²) in [6.07, 6.45) is 7.68. The lowest BCUT2D eigenvalue weighted by atomic mass is 9.49. The van der Waals surface area contributed by atoms with Crippen LogP contribution in [0.4, 0.5) is 0 Å². The van der Waals surface area contributed by atoms with Crippen molar-refractivity contribution in [2.45, 2.75) is 59.8 Å². The summed E-state index contributed by atoms with van der Waals surface area (Å²) in [5, 5.41) is 0. The van der Waals surface area contributed by atoms with Gasteiger partial charge in [0.25, 0.3) is 0 Å². The molecule has 0 N–H and O–H groups in total. The Morgan fingerprint density at radius 1 is 1.38 bits per heavy atom. The van der Waals surface area contributed by atoms with Crippen molar-refractivity contribution in [3.63, 3.8) is 0 Å². The molecule has 0 heterocycles. The van der Waals surface area contributed by atoms with Gasteiger partial charge in [-0.1, -0.05) is 32.4 Å². The first-order valence-corrected chi connectivity index (χ1v) is 6.55. The Kier molecular flexibility index (Phi) is 2.76. The predicted molar refractivity (Wildman–Crippen MR) is 67.2 cm³/mol. The van der Waals surface area contributed by atoms with Gasteiger partial charge in [-0.2, -0.15) is 0 Å². The molecular formula is C15H24O. The molecule has 1 saturated carbocycles. The van der Waals surface area contributed by atoms with Gasteiger partial charge < -0.3 is 0 Å². The van der Waals surface area contributed by atoms with Gasteiger partial charge in [0.15, 0.2) is 0 Å². The summed E-state index contributed by atoms with van der Waals surface area (Å²) in [5.41, 5.74) is 2.09. The topological polar surface area (TPSA) is 17.1 Å². The number of hydrogen-bond donors (Lipinski definition) is 0. The Morgan fingerprint density at radius 3 is 2.56 bits per heavy atom. The van der Waals surface area contributed by atoms with E-state index in [1.54, 1.807) is 0 Å². The van der Waals surface area contributed by atoms with E-state index in [1.807, 2.05) is 0 Å². The first-order chi connectivity index (χ1) is 7.37. The second kappa shape index (κ2) is 3.72. The van der Waals surface area contributed by atoms with Crippen LogP contribution in [0.25, 0.3) is 0 Å². The van der Waals surface area contributed by atoms with Crippen LogP contribution in [0.15, 0.2) is 11.6 Å². The highest BCUT2D eigenvalue weighted by molar-refractivity contribution is 5.80. The van der Waals surface area contributed by atoms with Gasteiger partial charge in [0.1, 0.15) is 5.78 Å². The van der Waals surface area contributed by atoms with E-state index >= 15 is 0 Å². The molecule has 2 atom stereocenters. The molecule has 1 spiro atoms. The van der Waals surface area contributed by atoms with Crippen LogP contribution in [-0.2, 0) is 4.79 Å². The van der Waals surface area contributed by atoms with Gasteiger partial charge in [-0.3, -0.25) is 4.79 Å². The van der Waals surface area contributed by atoms with E-state index in [2.05, 4.69) is 33.8 Å². The van der Waals surface area contributed by atoms with Crippen LogP contribution < -0.4 is 0 Å². The minimum atomic E-state index is 0.180. The fraction of sp³-hybridized carbons (Fsp3) is 0.800. The van der Waals surface area contributed by atoms with Crippen LogP contribution in [0, 0.1) is 16.7 Å². The van der Waals surface area contributed by atoms with Crippen LogP contribution in [0.3, 0.4) is 0 Å². The van der Waals surface area contributed by atoms with E-state index in [9.17, 15) is 4.79 Å². The molecule has 0 radical (unpaired) electrons. The Balaban J connectivity index is 2.34. The van der Waals surface area contributed by atoms with Crippen LogP contribution in [0.5, 0.6) is 0 Å². The molecule has 0 aliphatic heterocycles. The molecule has 0 bridgehead atoms. The van der Waals surface area contributed by atoms with Crippen molar-refractivity contribution >= 4 is 5.78 Å². The Bertz CT molecular complexity index is 337. The molecule has 1 heteroatoms. The summed E-state index contributed by atoms with van der Waals surface area (Å²) in [6.45, 7) is 9.12. The SMILES string of the molecule is CC1=CCC2(CC1)C(C)CC(=O)CC2(C)C. The molecule has 2 rings (SSSR count). The maximum Gasteiger partial charge on any atom is 0.133 e. The zero-order valence-corrected chi connectivity index (χ0v) is 11.1. The van der Waals surface area contributed by atoms with E-state index in [-0.39, 0.29) is 5.41 Å². The number of allylic oxidation sites excluding steroid dienone is 2. The normalized spacial score (nSPS) is 38.6. The average Bonchev–Trinajstić information content (AvgIpc) is 2.15. The minimum Gasteiger partial charge on any atom is -0.300 e. The van der Waals surface area contributed by atoms with E-state index in [0.29, 0.717) is 17.1 Å². The van der Waals surface area contributed by atoms with Gasteiger partial charge in [0.05, 0.1) is 0 Å². The van der Waals surface area contributed by atoms with Gasteiger partial charge in [-0.05, 0) is 42.9 Å². The van der Waals surface area contributed by atoms with Gasteiger partial charge in [-0.25, -0.2) is 0 Å². The number of carbonyl (C=O) groups is 1. The van der Waals surface area contributed by atoms with Crippen molar-refractivity contribution in [1.29, 1.82) is 0 Å². The first kappa shape index (κ1) is 11.9. The maximum absolute atomic E-state index is 11.8. The summed E-state index contributed by atoms with van der Waals surface area (Å²) in [7, 11) is 0. The maximum atomic E-state index is 11.8. The summed E-state index contributed by atoms with van der Waals surface area (Å²) in [5.74, 6) is 1.02. The predicted octanol–water partition coefficient (Wildman–Crippen LogP) is 4.13. The number of ketones is 1. The van der Waals surface area contributed by atoms with Gasteiger partial charge in [-0.15, -0.1) is 0 Å². The molecule has 0 saturated heterocycles. The highest BCUT2D eigenvalue weighted by Crippen LogP contribution is 2.59. The van der Waals surface area contributed by atoms with E-state index < -0.39 is 0 Å². The molecule has 16 heavy (non-hydrogen) atoms. The van der Waals surface area contributed by atoms with Crippen LogP contribution in [-0.4, -0.2) is 5.78 Å². The summed E-state index contributed by atoms with van der Waals surface area (Å²) in [6, 6.07) is 0. The van der Waals surface area contributed by atoms with Gasteiger partial charge in [0, 0.05) is 12.8 Å². The Morgan fingerprint density at radius 2 is 2.06 bits per heavy atom. The fourth-order valence-corrected chi connectivity index (χ4v) is 3.99. The molecule has 0 aromatic rings. The lowest BCUT2D eigenvalue weighted by molar-refractivity contribution is -0.135. The van der Waals surface area contributed by atoms with Gasteiger partial charge in [0.2, 0.25) is 0 Å². The number of hydrogen-bond acceptors (Lipinski definition) is 1. The second-order valence-electron chi connectivity index (χ2n) is 6.62. The van der Waals surface area contributed by atoms with E-state index in [0.717, 1.165) is 12.8 Å². The third-order valence-corrected chi connectivity index (χ3v) is 5.24. The molecule has 1 fully saturated rings. The van der Waals surface area contributed by atoms with Crippen LogP contribution in [0.2, 0.25) is 0 Å². The van der Waals surface area contributed by atoms with Crippen molar-refractivity contribution in [3.8, 4) is 0 Å². The van der Waals surface area contributed by atoms with E-state index in [4.69, 9.17) is 0 Å². The van der Waals surface area contributed by atoms with Crippen molar-refractivity contribution < 1.29 is 4.79 Å². The van der Waals surface area contributed by atoms with Crippen LogP contribution >= 0.6 is 0 Å². The molecule has 0 aromatic heterocycles. The van der Waals surface area contributed by atoms with Gasteiger partial charge >= 0.3 is 0 Å². The monoisotopic (exact) mass is 220 g/mol. The number of Topliss-reactive ketones (excluding diaryl/α,β-unsaturated/α-hetero) is 1. The molecule has 0 aromatic carbocycles. The highest BCUT2D eigenvalue weighted by atomic mass is 16.1. The molecule has 1 nitrogen and oxygen atoms in total. The molecular weight excluding hydrogens is 196 g/mol. The highest BCUT2D eigenvalue weighted by Gasteiger charge is 2.52. The third kappa shape index (κ3) is 1.65. The zero-order chi connectivity index (χ0) is 12.0. The van der Waals surface area contributed by atoms with E-state index in [1.165, 1.54) is 24.8 Å². The van der Waals surface area contributed by atoms with Crippen molar-refractivity contribution in [2.75, 3.05) is 0 Å². The molecule has 2 unspecified atom stereocenters. The van der Waals surface area contributed by atoms with Crippen LogP contribution in [0.1, 0.15) is 59.8 Å². The quantitative estimate of drug-likeness (QED) is 0.561. The number of carbonyl (C=O) groups excluding carboxylic acids is 1. The lowest BCUT2D eigenvalue weighted by Crippen LogP contribution is -2.49. The summed E-state index contributed by atoms with van der Waals surface area (Å²) < 4.78 is 0. The third-order valence-electron chi connectivity index (χ3n) is 5.24. The Hall–Kier alpha value is -0.590. The molecule has 0 amide bonds. The summed E-state index contributed by atoms with van der Waals surface area (Å²) >= 11 is 0. The first-order valence-electron chi connectivity index (χ1n) is 6.55. The molecule has 90 valence electrons. The van der Waals surface area contributed by atoms with Crippen molar-refractivity contribution in [3.05, 3.63) is 11.6 Å². The minimum absolute atomic E-state index is 0.180. The zero-order valence-electron chi connectivity index (χ0n) is 11.1. The second-order valence-corrected chi connectivity index (χ2v) is 6.62. The average molecular weight is 220 g/mol. The van der Waals surface area contributed by atoms with Crippen molar-refractivity contribution in [1.82, 2.24) is 0 Å². The fourth-order valence-electron chi connectivity index (χ4n) is 3.99. The summed E-state index contributed by atoms with van der Waals surface area (Å²) in [4.78, 5) is 11.8.